The van der Waals surface area contributed by atoms with Gasteiger partial charge < -0.3 is 29.9 Å². The van der Waals surface area contributed by atoms with Gasteiger partial charge in [-0.25, -0.2) is 0 Å². The quantitative estimate of drug-likeness (QED) is 0.303. The van der Waals surface area contributed by atoms with E-state index in [4.69, 9.17) is 9.47 Å². The van der Waals surface area contributed by atoms with Crippen LogP contribution in [0.25, 0.3) is 0 Å². The molecule has 30 heavy (non-hydrogen) atoms. The fourth-order valence-electron chi connectivity index (χ4n) is 3.57. The van der Waals surface area contributed by atoms with E-state index in [1.165, 1.54) is 0 Å². The van der Waals surface area contributed by atoms with Gasteiger partial charge in [-0.2, -0.15) is 0 Å². The van der Waals surface area contributed by atoms with E-state index in [-0.39, 0.29) is 42.0 Å². The molecular formula is C21H36IN5O3. The predicted molar refractivity (Wildman–Crippen MR) is 131 cm³/mol. The molecular weight excluding hydrogens is 497 g/mol. The van der Waals surface area contributed by atoms with Gasteiger partial charge in [-0.05, 0) is 38.2 Å². The second-order valence-corrected chi connectivity index (χ2v) is 7.37. The van der Waals surface area contributed by atoms with Crippen molar-refractivity contribution in [2.75, 3.05) is 55.0 Å². The van der Waals surface area contributed by atoms with E-state index in [1.54, 1.807) is 21.3 Å². The molecule has 1 aliphatic heterocycles. The Balaban J connectivity index is 0.00000450. The molecule has 1 fully saturated rings. The predicted octanol–water partition coefficient (Wildman–Crippen LogP) is 2.10. The van der Waals surface area contributed by atoms with Gasteiger partial charge in [0.1, 0.15) is 0 Å². The number of aliphatic imine (C=N–C) groups is 1. The lowest BCUT2D eigenvalue weighted by molar-refractivity contribution is -0.129. The van der Waals surface area contributed by atoms with Crippen LogP contribution in [-0.2, 0) is 4.79 Å². The van der Waals surface area contributed by atoms with Crippen LogP contribution in [0, 0.1) is 0 Å². The van der Waals surface area contributed by atoms with Gasteiger partial charge in [-0.3, -0.25) is 9.79 Å². The first-order valence-electron chi connectivity index (χ1n) is 10.1. The van der Waals surface area contributed by atoms with Gasteiger partial charge >= 0.3 is 0 Å². The van der Waals surface area contributed by atoms with Crippen molar-refractivity contribution < 1.29 is 14.3 Å². The Hall–Kier alpha value is -1.75. The number of nitrogens with zero attached hydrogens (tertiary/aromatic N) is 3. The number of amides is 1. The summed E-state index contributed by atoms with van der Waals surface area (Å²) < 4.78 is 10.8. The van der Waals surface area contributed by atoms with Crippen LogP contribution in [0.5, 0.6) is 11.5 Å². The summed E-state index contributed by atoms with van der Waals surface area (Å²) in [6.45, 7) is 4.10. The lowest BCUT2D eigenvalue weighted by Gasteiger charge is -2.27. The van der Waals surface area contributed by atoms with E-state index in [2.05, 4.69) is 26.6 Å². The van der Waals surface area contributed by atoms with E-state index < -0.39 is 0 Å². The molecule has 170 valence electrons. The van der Waals surface area contributed by atoms with Gasteiger partial charge in [-0.1, -0.05) is 13.0 Å². The lowest BCUT2D eigenvalue weighted by Crippen LogP contribution is -2.47. The number of rotatable bonds is 8. The van der Waals surface area contributed by atoms with Gasteiger partial charge in [0.25, 0.3) is 0 Å². The summed E-state index contributed by atoms with van der Waals surface area (Å²) in [5, 5.41) is 6.86. The molecule has 0 bridgehead atoms. The Kier molecular flexibility index (Phi) is 11.2. The van der Waals surface area contributed by atoms with Crippen LogP contribution in [0.2, 0.25) is 0 Å². The van der Waals surface area contributed by atoms with Crippen LogP contribution in [0.4, 0.5) is 0 Å². The minimum Gasteiger partial charge on any atom is -0.493 e. The van der Waals surface area contributed by atoms with Crippen molar-refractivity contribution in [2.45, 2.75) is 31.8 Å². The fourth-order valence-corrected chi connectivity index (χ4v) is 3.57. The standard InChI is InChI=1S/C21H35N5O3.HI/c1-7-20(27)26-11-10-16(14-26)24-21(22-2)23-13-17(25(3)4)15-8-9-18(28-5)19(12-15)29-6;/h8-9,12,16-17H,7,10-11,13-14H2,1-6H3,(H2,22,23,24);1H. The van der Waals surface area contributed by atoms with Gasteiger partial charge in [0.2, 0.25) is 5.91 Å². The number of halogens is 1. The monoisotopic (exact) mass is 533 g/mol. The summed E-state index contributed by atoms with van der Waals surface area (Å²) in [5.41, 5.74) is 1.12. The molecule has 1 aromatic carbocycles. The number of guanidine groups is 1. The molecule has 1 aliphatic rings. The molecule has 1 aromatic rings. The van der Waals surface area contributed by atoms with Crippen LogP contribution in [-0.4, -0.2) is 82.7 Å². The number of ether oxygens (including phenoxy) is 2. The van der Waals surface area contributed by atoms with Crippen LogP contribution in [0.3, 0.4) is 0 Å². The first-order valence-corrected chi connectivity index (χ1v) is 10.1. The highest BCUT2D eigenvalue weighted by Crippen LogP contribution is 2.31. The van der Waals surface area contributed by atoms with Gasteiger partial charge in [0.15, 0.2) is 17.5 Å². The van der Waals surface area contributed by atoms with Crippen LogP contribution >= 0.6 is 24.0 Å². The normalized spacial score (nSPS) is 17.4. The van der Waals surface area contributed by atoms with Crippen molar-refractivity contribution in [3.05, 3.63) is 23.8 Å². The molecule has 2 N–H and O–H groups in total. The zero-order valence-electron chi connectivity index (χ0n) is 18.9. The van der Waals surface area contributed by atoms with Crippen molar-refractivity contribution in [1.29, 1.82) is 0 Å². The van der Waals surface area contributed by atoms with Crippen molar-refractivity contribution in [1.82, 2.24) is 20.4 Å². The number of likely N-dealkylation sites (N-methyl/N-ethyl adjacent to an activating group) is 1. The van der Waals surface area contributed by atoms with Crippen molar-refractivity contribution in [3.63, 3.8) is 0 Å². The van der Waals surface area contributed by atoms with Gasteiger partial charge in [0.05, 0.1) is 20.3 Å². The van der Waals surface area contributed by atoms with E-state index in [0.29, 0.717) is 24.5 Å². The summed E-state index contributed by atoms with van der Waals surface area (Å²) in [4.78, 5) is 20.3. The minimum atomic E-state index is 0. The van der Waals surface area contributed by atoms with Crippen LogP contribution in [0.1, 0.15) is 31.4 Å². The number of methoxy groups -OCH3 is 2. The maximum atomic E-state index is 11.9. The molecule has 0 saturated carbocycles. The first kappa shape index (κ1) is 26.3. The maximum absolute atomic E-state index is 11.9. The van der Waals surface area contributed by atoms with E-state index in [0.717, 1.165) is 31.0 Å². The molecule has 0 aliphatic carbocycles. The average molecular weight is 533 g/mol. The number of hydrogen-bond donors (Lipinski definition) is 2. The number of carbonyl (C=O) groups excluding carboxylic acids is 1. The smallest absolute Gasteiger partial charge is 0.222 e. The van der Waals surface area contributed by atoms with E-state index in [1.807, 2.05) is 38.1 Å². The summed E-state index contributed by atoms with van der Waals surface area (Å²) in [6, 6.07) is 6.32. The molecule has 9 heteroatoms. The zero-order chi connectivity index (χ0) is 21.4. The highest BCUT2D eigenvalue weighted by Gasteiger charge is 2.26. The Bertz CT molecular complexity index is 714. The molecule has 0 aromatic heterocycles. The van der Waals surface area contributed by atoms with E-state index >= 15 is 0 Å². The Morgan fingerprint density at radius 1 is 1.30 bits per heavy atom. The molecule has 1 amide bonds. The molecule has 0 radical (unpaired) electrons. The molecule has 2 atom stereocenters. The molecule has 2 unspecified atom stereocenters. The van der Waals surface area contributed by atoms with Crippen LogP contribution < -0.4 is 20.1 Å². The molecule has 0 spiro atoms. The second-order valence-electron chi connectivity index (χ2n) is 7.37. The number of hydrogen-bond acceptors (Lipinski definition) is 5. The number of benzene rings is 1. The molecule has 8 nitrogen and oxygen atoms in total. The summed E-state index contributed by atoms with van der Waals surface area (Å²) in [7, 11) is 9.14. The number of carbonyl (C=O) groups is 1. The molecule has 1 heterocycles. The third-order valence-corrected chi connectivity index (χ3v) is 5.29. The number of likely N-dealkylation sites (tertiary alicyclic amines) is 1. The second kappa shape index (κ2) is 12.8. The lowest BCUT2D eigenvalue weighted by atomic mass is 10.1. The van der Waals surface area contributed by atoms with Gasteiger partial charge in [-0.15, -0.1) is 24.0 Å². The summed E-state index contributed by atoms with van der Waals surface area (Å²) in [5.74, 6) is 2.38. The molecule has 2 rings (SSSR count). The first-order chi connectivity index (χ1) is 13.9. The molecule has 1 saturated heterocycles. The van der Waals surface area contributed by atoms with Crippen molar-refractivity contribution in [2.24, 2.45) is 4.99 Å². The topological polar surface area (TPSA) is 78.4 Å². The zero-order valence-corrected chi connectivity index (χ0v) is 21.2. The average Bonchev–Trinajstić information content (AvgIpc) is 3.20. The highest BCUT2D eigenvalue weighted by atomic mass is 127. The van der Waals surface area contributed by atoms with E-state index in [9.17, 15) is 4.79 Å². The number of nitrogens with one attached hydrogen (secondary N) is 2. The third kappa shape index (κ3) is 6.90. The fraction of sp³-hybridized carbons (Fsp3) is 0.619. The summed E-state index contributed by atoms with van der Waals surface area (Å²) in [6.07, 6.45) is 1.48. The highest BCUT2D eigenvalue weighted by molar-refractivity contribution is 14.0. The third-order valence-electron chi connectivity index (χ3n) is 5.29. The van der Waals surface area contributed by atoms with Crippen LogP contribution in [0.15, 0.2) is 23.2 Å². The SMILES string of the molecule is CCC(=O)N1CCC(NC(=NC)NCC(c2ccc(OC)c(OC)c2)N(C)C)C1.I. The summed E-state index contributed by atoms with van der Waals surface area (Å²) >= 11 is 0. The Morgan fingerprint density at radius 3 is 2.57 bits per heavy atom. The van der Waals surface area contributed by atoms with Crippen molar-refractivity contribution >= 4 is 35.8 Å². The van der Waals surface area contributed by atoms with Crippen molar-refractivity contribution in [3.8, 4) is 11.5 Å². The van der Waals surface area contributed by atoms with Gasteiger partial charge in [0, 0.05) is 39.1 Å². The Labute approximate surface area is 197 Å². The minimum absolute atomic E-state index is 0. The largest absolute Gasteiger partial charge is 0.493 e. The maximum Gasteiger partial charge on any atom is 0.222 e. The Morgan fingerprint density at radius 2 is 2.00 bits per heavy atom.